The summed E-state index contributed by atoms with van der Waals surface area (Å²) in [5.74, 6) is -0.0315. The van der Waals surface area contributed by atoms with E-state index in [-0.39, 0.29) is 28.9 Å². The number of hydrogen-bond donors (Lipinski definition) is 1. The van der Waals surface area contributed by atoms with Crippen molar-refractivity contribution in [3.8, 4) is 0 Å². The Kier molecular flexibility index (Phi) is 8.47. The molecule has 4 nitrogen and oxygen atoms in total. The molecule has 0 aliphatic heterocycles. The van der Waals surface area contributed by atoms with Crippen LogP contribution in [0.4, 0.5) is 4.39 Å². The molecule has 0 spiro atoms. The van der Waals surface area contributed by atoms with Gasteiger partial charge in [0, 0.05) is 17.8 Å². The molecule has 6 heteroatoms. The van der Waals surface area contributed by atoms with Crippen molar-refractivity contribution in [1.82, 2.24) is 10.2 Å². The summed E-state index contributed by atoms with van der Waals surface area (Å²) in [5, 5.41) is 2.95. The first kappa shape index (κ1) is 23.9. The van der Waals surface area contributed by atoms with E-state index in [4.69, 9.17) is 0 Å². The molecule has 30 heavy (non-hydrogen) atoms. The monoisotopic (exact) mass is 430 g/mol. The summed E-state index contributed by atoms with van der Waals surface area (Å²) in [6.07, 6.45) is 0. The summed E-state index contributed by atoms with van der Waals surface area (Å²) < 4.78 is 13.8. The number of carbonyl (C=O) groups is 2. The van der Waals surface area contributed by atoms with Crippen molar-refractivity contribution in [2.75, 3.05) is 5.75 Å². The van der Waals surface area contributed by atoms with Crippen LogP contribution < -0.4 is 5.32 Å². The number of nitrogens with zero attached hydrogens (tertiary/aromatic N) is 1. The number of benzene rings is 2. The smallest absolute Gasteiger partial charge is 0.242 e. The van der Waals surface area contributed by atoms with Gasteiger partial charge in [0.25, 0.3) is 0 Å². The molecule has 1 N–H and O–H groups in total. The largest absolute Gasteiger partial charge is 0.350 e. The Morgan fingerprint density at radius 3 is 2.47 bits per heavy atom. The summed E-state index contributed by atoms with van der Waals surface area (Å²) in [5.41, 5.74) is 2.25. The van der Waals surface area contributed by atoms with E-state index in [1.807, 2.05) is 52.0 Å². The quantitative estimate of drug-likeness (QED) is 0.660. The van der Waals surface area contributed by atoms with Crippen LogP contribution in [-0.4, -0.2) is 34.0 Å². The highest BCUT2D eigenvalue weighted by Crippen LogP contribution is 2.18. The lowest BCUT2D eigenvalue weighted by atomic mass is 10.1. The van der Waals surface area contributed by atoms with E-state index >= 15 is 0 Å². The summed E-state index contributed by atoms with van der Waals surface area (Å²) in [6.45, 7) is 9.82. The zero-order valence-corrected chi connectivity index (χ0v) is 19.2. The average Bonchev–Trinajstić information content (AvgIpc) is 2.65. The third kappa shape index (κ3) is 7.48. The number of amides is 2. The molecule has 162 valence electrons. The predicted molar refractivity (Wildman–Crippen MR) is 122 cm³/mol. The van der Waals surface area contributed by atoms with Gasteiger partial charge < -0.3 is 10.2 Å². The van der Waals surface area contributed by atoms with Gasteiger partial charge in [-0.15, -0.1) is 11.8 Å². The summed E-state index contributed by atoms with van der Waals surface area (Å²) in [4.78, 5) is 27.4. The molecule has 0 aliphatic rings. The van der Waals surface area contributed by atoms with Crippen molar-refractivity contribution in [1.29, 1.82) is 0 Å². The fourth-order valence-electron chi connectivity index (χ4n) is 3.01. The molecule has 0 unspecified atom stereocenters. The summed E-state index contributed by atoms with van der Waals surface area (Å²) >= 11 is 1.35. The van der Waals surface area contributed by atoms with Crippen molar-refractivity contribution in [3.05, 3.63) is 71.0 Å². The number of carbonyl (C=O) groups excluding carboxylic acids is 2. The number of rotatable bonds is 8. The van der Waals surface area contributed by atoms with Crippen LogP contribution in [0.3, 0.4) is 0 Å². The maximum absolute atomic E-state index is 13.8. The molecule has 0 radical (unpaired) electrons. The van der Waals surface area contributed by atoms with Gasteiger partial charge in [0.05, 0.1) is 5.75 Å². The van der Waals surface area contributed by atoms with Crippen molar-refractivity contribution in [2.24, 2.45) is 0 Å². The van der Waals surface area contributed by atoms with E-state index in [0.717, 1.165) is 11.1 Å². The minimum absolute atomic E-state index is 0.144. The van der Waals surface area contributed by atoms with Gasteiger partial charge in [-0.2, -0.15) is 0 Å². The van der Waals surface area contributed by atoms with Gasteiger partial charge in [-0.25, -0.2) is 4.39 Å². The lowest BCUT2D eigenvalue weighted by Crippen LogP contribution is -2.52. The molecule has 0 aromatic heterocycles. The predicted octanol–water partition coefficient (Wildman–Crippen LogP) is 4.70. The first-order valence-corrected chi connectivity index (χ1v) is 11.2. The second-order valence-corrected chi connectivity index (χ2v) is 9.50. The van der Waals surface area contributed by atoms with Crippen LogP contribution >= 0.6 is 11.8 Å². The number of thioether (sulfide) groups is 1. The molecular formula is C24H31FN2O2S. The summed E-state index contributed by atoms with van der Waals surface area (Å²) in [7, 11) is 0. The Morgan fingerprint density at radius 2 is 1.83 bits per heavy atom. The van der Waals surface area contributed by atoms with Crippen LogP contribution in [0.5, 0.6) is 0 Å². The Balaban J connectivity index is 2.11. The molecule has 2 aromatic rings. The Labute approximate surface area is 183 Å². The summed E-state index contributed by atoms with van der Waals surface area (Å²) in [6, 6.07) is 13.9. The number of hydrogen-bond acceptors (Lipinski definition) is 3. The van der Waals surface area contributed by atoms with E-state index < -0.39 is 6.04 Å². The van der Waals surface area contributed by atoms with Gasteiger partial charge in [0.1, 0.15) is 11.9 Å². The zero-order valence-electron chi connectivity index (χ0n) is 18.4. The van der Waals surface area contributed by atoms with Crippen molar-refractivity contribution >= 4 is 23.6 Å². The van der Waals surface area contributed by atoms with Gasteiger partial charge in [0.2, 0.25) is 11.8 Å². The lowest BCUT2D eigenvalue weighted by molar-refractivity contribution is -0.139. The first-order chi connectivity index (χ1) is 14.1. The first-order valence-electron chi connectivity index (χ1n) is 10.0. The zero-order chi connectivity index (χ0) is 22.3. The van der Waals surface area contributed by atoms with E-state index in [0.29, 0.717) is 17.9 Å². The van der Waals surface area contributed by atoms with E-state index in [2.05, 4.69) is 5.32 Å². The van der Waals surface area contributed by atoms with Gasteiger partial charge in [0.15, 0.2) is 0 Å². The SMILES string of the molecule is Cc1cccc(CN(C(=O)CSCc2ccccc2F)[C@H](C)C(=O)NC(C)(C)C)c1. The Bertz CT molecular complexity index is 880. The van der Waals surface area contributed by atoms with E-state index in [9.17, 15) is 14.0 Å². The third-order valence-electron chi connectivity index (χ3n) is 4.54. The second-order valence-electron chi connectivity index (χ2n) is 8.51. The number of nitrogens with one attached hydrogen (secondary N) is 1. The van der Waals surface area contributed by atoms with E-state index in [1.54, 1.807) is 30.0 Å². The van der Waals surface area contributed by atoms with Gasteiger partial charge >= 0.3 is 0 Å². The average molecular weight is 431 g/mol. The molecule has 2 aromatic carbocycles. The Morgan fingerprint density at radius 1 is 1.13 bits per heavy atom. The van der Waals surface area contributed by atoms with Crippen LogP contribution in [0.2, 0.25) is 0 Å². The Hall–Kier alpha value is -2.34. The lowest BCUT2D eigenvalue weighted by Gasteiger charge is -2.31. The normalized spacial score (nSPS) is 12.3. The maximum atomic E-state index is 13.8. The molecule has 0 bridgehead atoms. The molecule has 0 aliphatic carbocycles. The number of aryl methyl sites for hydroxylation is 1. The molecule has 0 saturated carbocycles. The highest BCUT2D eigenvalue weighted by molar-refractivity contribution is 7.99. The van der Waals surface area contributed by atoms with Crippen LogP contribution in [0.15, 0.2) is 48.5 Å². The van der Waals surface area contributed by atoms with Crippen LogP contribution in [0.1, 0.15) is 44.4 Å². The topological polar surface area (TPSA) is 49.4 Å². The van der Waals surface area contributed by atoms with Gasteiger partial charge in [-0.3, -0.25) is 9.59 Å². The van der Waals surface area contributed by atoms with Crippen molar-refractivity contribution in [3.63, 3.8) is 0 Å². The third-order valence-corrected chi connectivity index (χ3v) is 5.51. The van der Waals surface area contributed by atoms with Crippen LogP contribution in [0, 0.1) is 12.7 Å². The van der Waals surface area contributed by atoms with Crippen molar-refractivity contribution in [2.45, 2.75) is 58.5 Å². The molecule has 2 rings (SSSR count). The van der Waals surface area contributed by atoms with Gasteiger partial charge in [-0.1, -0.05) is 48.0 Å². The van der Waals surface area contributed by atoms with Crippen LogP contribution in [-0.2, 0) is 21.9 Å². The maximum Gasteiger partial charge on any atom is 0.242 e. The van der Waals surface area contributed by atoms with E-state index in [1.165, 1.54) is 17.8 Å². The molecule has 0 saturated heterocycles. The minimum atomic E-state index is -0.619. The molecule has 1 atom stereocenters. The fourth-order valence-corrected chi connectivity index (χ4v) is 3.91. The standard InChI is InChI=1S/C24H31FN2O2S/c1-17-9-8-10-19(13-17)14-27(18(2)23(29)26-24(3,4)5)22(28)16-30-15-20-11-6-7-12-21(20)25/h6-13,18H,14-16H2,1-5H3,(H,26,29)/t18-/m1/s1. The molecule has 0 heterocycles. The highest BCUT2D eigenvalue weighted by Gasteiger charge is 2.28. The van der Waals surface area contributed by atoms with Crippen molar-refractivity contribution < 1.29 is 14.0 Å². The molecular weight excluding hydrogens is 399 g/mol. The molecule has 2 amide bonds. The second kappa shape index (κ2) is 10.6. The van der Waals surface area contributed by atoms with Crippen LogP contribution in [0.25, 0.3) is 0 Å². The minimum Gasteiger partial charge on any atom is -0.350 e. The highest BCUT2D eigenvalue weighted by atomic mass is 32.2. The molecule has 0 fully saturated rings. The fraction of sp³-hybridized carbons (Fsp3) is 0.417. The number of halogens is 1. The van der Waals surface area contributed by atoms with Gasteiger partial charge in [-0.05, 0) is 51.8 Å².